The molecule has 41 heavy (non-hydrogen) atoms. The van der Waals surface area contributed by atoms with Gasteiger partial charge in [-0.25, -0.2) is 4.98 Å². The first-order valence-electron chi connectivity index (χ1n) is 14.9. The number of aryl methyl sites for hydroxylation is 1. The molecule has 0 aliphatic heterocycles. The fraction of sp³-hybridized carbons (Fsp3) is 0.216. The van der Waals surface area contributed by atoms with Gasteiger partial charge in [0, 0.05) is 59.5 Å². The number of unbranched alkanes of at least 4 members (excludes halogenated alkanes) is 5. The highest BCUT2D eigenvalue weighted by atomic mass is 32.1. The predicted molar refractivity (Wildman–Crippen MR) is 180 cm³/mol. The summed E-state index contributed by atoms with van der Waals surface area (Å²) in [4.78, 5) is 9.09. The van der Waals surface area contributed by atoms with E-state index in [0.29, 0.717) is 0 Å². The molecule has 0 radical (unpaired) electrons. The fourth-order valence-corrected chi connectivity index (χ4v) is 7.94. The molecule has 204 valence electrons. The molecule has 4 heterocycles. The van der Waals surface area contributed by atoms with Crippen LogP contribution in [-0.2, 0) is 6.54 Å². The largest absolute Gasteiger partial charge is 0.340 e. The van der Waals surface area contributed by atoms with Crippen molar-refractivity contribution < 1.29 is 0 Å². The van der Waals surface area contributed by atoms with E-state index in [1.165, 1.54) is 91.5 Å². The summed E-state index contributed by atoms with van der Waals surface area (Å²) in [5, 5.41) is 5.99. The van der Waals surface area contributed by atoms with Gasteiger partial charge in [0.1, 0.15) is 0 Å². The van der Waals surface area contributed by atoms with Gasteiger partial charge in [0.2, 0.25) is 0 Å². The van der Waals surface area contributed by atoms with E-state index in [4.69, 9.17) is 4.98 Å². The Morgan fingerprint density at radius 1 is 0.634 bits per heavy atom. The quantitative estimate of drug-likeness (QED) is 0.150. The first-order chi connectivity index (χ1) is 20.3. The molecule has 3 aromatic carbocycles. The van der Waals surface area contributed by atoms with Crippen molar-refractivity contribution in [3.8, 4) is 31.5 Å². The molecule has 0 aliphatic carbocycles. The van der Waals surface area contributed by atoms with Gasteiger partial charge in [-0.05, 0) is 60.3 Å². The summed E-state index contributed by atoms with van der Waals surface area (Å²) in [6.07, 6.45) is 7.87. The van der Waals surface area contributed by atoms with E-state index in [-0.39, 0.29) is 0 Å². The average Bonchev–Trinajstić information content (AvgIpc) is 3.78. The number of hydrogen-bond acceptors (Lipinski definition) is 3. The molecule has 0 unspecified atom stereocenters. The number of aromatic nitrogens is 2. The van der Waals surface area contributed by atoms with Gasteiger partial charge >= 0.3 is 0 Å². The normalized spacial score (nSPS) is 11.7. The van der Waals surface area contributed by atoms with E-state index in [1.54, 1.807) is 11.3 Å². The third kappa shape index (κ3) is 5.11. The lowest BCUT2D eigenvalue weighted by Crippen LogP contribution is -1.97. The second-order valence-electron chi connectivity index (χ2n) is 10.9. The molecule has 0 saturated carbocycles. The number of para-hydroxylation sites is 2. The van der Waals surface area contributed by atoms with Crippen LogP contribution >= 0.6 is 22.7 Å². The molecule has 0 saturated heterocycles. The Morgan fingerprint density at radius 3 is 2.29 bits per heavy atom. The second-order valence-corrected chi connectivity index (χ2v) is 12.9. The van der Waals surface area contributed by atoms with Crippen molar-refractivity contribution in [3.05, 3.63) is 102 Å². The molecule has 7 rings (SSSR count). The smallest absolute Gasteiger partial charge is 0.0716 e. The van der Waals surface area contributed by atoms with Crippen LogP contribution in [-0.4, -0.2) is 9.55 Å². The van der Waals surface area contributed by atoms with Gasteiger partial charge in [-0.1, -0.05) is 87.6 Å². The van der Waals surface area contributed by atoms with Crippen molar-refractivity contribution in [2.75, 3.05) is 0 Å². The number of benzene rings is 3. The molecule has 7 aromatic rings. The lowest BCUT2D eigenvalue weighted by atomic mass is 10.0. The Morgan fingerprint density at radius 2 is 1.41 bits per heavy atom. The first-order valence-corrected chi connectivity index (χ1v) is 16.5. The van der Waals surface area contributed by atoms with Gasteiger partial charge < -0.3 is 4.57 Å². The first kappa shape index (κ1) is 26.2. The van der Waals surface area contributed by atoms with Crippen LogP contribution in [0, 0.1) is 0 Å². The van der Waals surface area contributed by atoms with E-state index < -0.39 is 0 Å². The maximum atomic E-state index is 5.17. The van der Waals surface area contributed by atoms with Crippen molar-refractivity contribution in [2.24, 2.45) is 0 Å². The molecule has 0 aliphatic rings. The van der Waals surface area contributed by atoms with Crippen LogP contribution in [0.4, 0.5) is 0 Å². The zero-order chi connectivity index (χ0) is 27.6. The lowest BCUT2D eigenvalue weighted by molar-refractivity contribution is 0.571. The highest BCUT2D eigenvalue weighted by molar-refractivity contribution is 7.23. The molecule has 0 bridgehead atoms. The van der Waals surface area contributed by atoms with Crippen LogP contribution in [0.15, 0.2) is 102 Å². The molecular formula is C37H34N2S2. The summed E-state index contributed by atoms with van der Waals surface area (Å²) >= 11 is 3.66. The minimum Gasteiger partial charge on any atom is -0.340 e. The minimum atomic E-state index is 1.03. The molecule has 2 nitrogen and oxygen atoms in total. The number of rotatable bonds is 10. The minimum absolute atomic E-state index is 1.03. The van der Waals surface area contributed by atoms with E-state index >= 15 is 0 Å². The SMILES string of the molecule is CCCCCCCCn1c2ccccc2c2cc(-c3cc(-c4ccc(-c5cccs5)s4)c4ccccc4n3)ccc21. The number of nitrogens with zero attached hydrogens (tertiary/aromatic N) is 2. The van der Waals surface area contributed by atoms with Crippen LogP contribution < -0.4 is 0 Å². The summed E-state index contributed by atoms with van der Waals surface area (Å²) < 4.78 is 2.53. The van der Waals surface area contributed by atoms with Gasteiger partial charge in [-0.3, -0.25) is 0 Å². The van der Waals surface area contributed by atoms with E-state index in [1.807, 2.05) is 11.3 Å². The van der Waals surface area contributed by atoms with Crippen molar-refractivity contribution in [2.45, 2.75) is 52.0 Å². The Bertz CT molecular complexity index is 1940. The second kappa shape index (κ2) is 11.6. The Hall–Kier alpha value is -3.73. The van der Waals surface area contributed by atoms with Crippen molar-refractivity contribution >= 4 is 55.4 Å². The third-order valence-electron chi connectivity index (χ3n) is 8.16. The highest BCUT2D eigenvalue weighted by Crippen LogP contribution is 2.41. The highest BCUT2D eigenvalue weighted by Gasteiger charge is 2.15. The van der Waals surface area contributed by atoms with Gasteiger partial charge in [-0.2, -0.15) is 0 Å². The predicted octanol–water partition coefficient (Wildman–Crippen LogP) is 11.8. The molecule has 4 heteroatoms. The standard InChI is InChI=1S/C37H34N2S2/c1-2-3-4-5-6-11-22-39-33-16-10-8-14-28(33)29-24-26(18-19-34(29)39)32-25-30(27-13-7-9-15-31(27)38-32)35-20-21-37(41-35)36-17-12-23-40-36/h7-10,12-21,23-25H,2-6,11,22H2,1H3. The average molecular weight is 571 g/mol. The maximum absolute atomic E-state index is 5.17. The molecule has 0 amide bonds. The van der Waals surface area contributed by atoms with Crippen LogP contribution in [0.25, 0.3) is 64.2 Å². The Balaban J connectivity index is 1.29. The van der Waals surface area contributed by atoms with Gasteiger partial charge in [-0.15, -0.1) is 22.7 Å². The van der Waals surface area contributed by atoms with Crippen molar-refractivity contribution in [1.82, 2.24) is 9.55 Å². The zero-order valence-corrected chi connectivity index (χ0v) is 25.1. The van der Waals surface area contributed by atoms with Crippen LogP contribution in [0.1, 0.15) is 45.4 Å². The summed E-state index contributed by atoms with van der Waals surface area (Å²) in [6, 6.07) is 35.5. The fourth-order valence-electron chi connectivity index (χ4n) is 6.07. The van der Waals surface area contributed by atoms with E-state index in [2.05, 4.69) is 114 Å². The molecule has 0 fully saturated rings. The third-order valence-corrected chi connectivity index (χ3v) is 10.3. The Labute approximate surface area is 249 Å². The van der Waals surface area contributed by atoms with Crippen LogP contribution in [0.2, 0.25) is 0 Å². The Kier molecular flexibility index (Phi) is 7.43. The topological polar surface area (TPSA) is 17.8 Å². The number of hydrogen-bond donors (Lipinski definition) is 0. The molecule has 0 spiro atoms. The van der Waals surface area contributed by atoms with E-state index in [0.717, 1.165) is 17.8 Å². The number of fused-ring (bicyclic) bond motifs is 4. The van der Waals surface area contributed by atoms with E-state index in [9.17, 15) is 0 Å². The number of pyridine rings is 1. The van der Waals surface area contributed by atoms with Crippen molar-refractivity contribution in [1.29, 1.82) is 0 Å². The summed E-state index contributed by atoms with van der Waals surface area (Å²) in [6.45, 7) is 3.35. The molecule has 0 N–H and O–H groups in total. The number of thiophene rings is 2. The molecule has 4 aromatic heterocycles. The van der Waals surface area contributed by atoms with Gasteiger partial charge in [0.25, 0.3) is 0 Å². The lowest BCUT2D eigenvalue weighted by Gasteiger charge is -2.10. The molecular weight excluding hydrogens is 537 g/mol. The van der Waals surface area contributed by atoms with Crippen LogP contribution in [0.5, 0.6) is 0 Å². The van der Waals surface area contributed by atoms with Crippen molar-refractivity contribution in [3.63, 3.8) is 0 Å². The summed E-state index contributed by atoms with van der Waals surface area (Å²) in [5.74, 6) is 0. The summed E-state index contributed by atoms with van der Waals surface area (Å²) in [7, 11) is 0. The maximum Gasteiger partial charge on any atom is 0.0716 e. The van der Waals surface area contributed by atoms with Gasteiger partial charge in [0.15, 0.2) is 0 Å². The molecule has 0 atom stereocenters. The van der Waals surface area contributed by atoms with Gasteiger partial charge in [0.05, 0.1) is 11.2 Å². The van der Waals surface area contributed by atoms with Crippen LogP contribution in [0.3, 0.4) is 0 Å². The zero-order valence-electron chi connectivity index (χ0n) is 23.5. The monoisotopic (exact) mass is 570 g/mol. The summed E-state index contributed by atoms with van der Waals surface area (Å²) in [5.41, 5.74) is 7.14.